The SMILES string of the molecule is CC(C)[C@@H](CCO)NC(=O)Nc1ccccc1CC(=O)N(C)C. The Morgan fingerprint density at radius 2 is 1.87 bits per heavy atom. The van der Waals surface area contributed by atoms with E-state index in [9.17, 15) is 9.59 Å². The number of urea groups is 1. The van der Waals surface area contributed by atoms with Gasteiger partial charge in [-0.05, 0) is 24.0 Å². The lowest BCUT2D eigenvalue weighted by Crippen LogP contribution is -2.41. The Bertz CT molecular complexity index is 530. The van der Waals surface area contributed by atoms with E-state index in [2.05, 4.69) is 10.6 Å². The Hall–Kier alpha value is -2.08. The molecule has 0 spiro atoms. The molecule has 3 amide bonds. The van der Waals surface area contributed by atoms with Crippen LogP contribution in [0.4, 0.5) is 10.5 Å². The molecular weight excluding hydrogens is 294 g/mol. The minimum atomic E-state index is -0.332. The monoisotopic (exact) mass is 321 g/mol. The third-order valence-electron chi connectivity index (χ3n) is 3.67. The summed E-state index contributed by atoms with van der Waals surface area (Å²) in [5.74, 6) is 0.193. The second-order valence-electron chi connectivity index (χ2n) is 6.08. The first-order chi connectivity index (χ1) is 10.8. The Kier molecular flexibility index (Phi) is 7.54. The molecule has 128 valence electrons. The molecule has 6 nitrogen and oxygen atoms in total. The summed E-state index contributed by atoms with van der Waals surface area (Å²) in [7, 11) is 3.40. The molecule has 0 fully saturated rings. The number of nitrogens with zero attached hydrogens (tertiary/aromatic N) is 1. The number of para-hydroxylation sites is 1. The minimum absolute atomic E-state index is 0.0249. The molecule has 0 heterocycles. The number of hydrogen-bond acceptors (Lipinski definition) is 3. The Morgan fingerprint density at radius 1 is 1.22 bits per heavy atom. The lowest BCUT2D eigenvalue weighted by molar-refractivity contribution is -0.127. The Morgan fingerprint density at radius 3 is 2.43 bits per heavy atom. The van der Waals surface area contributed by atoms with Crippen molar-refractivity contribution in [1.82, 2.24) is 10.2 Å². The molecule has 1 aromatic carbocycles. The summed E-state index contributed by atoms with van der Waals surface area (Å²) >= 11 is 0. The highest BCUT2D eigenvalue weighted by atomic mass is 16.3. The van der Waals surface area contributed by atoms with Crippen molar-refractivity contribution in [3.05, 3.63) is 29.8 Å². The van der Waals surface area contributed by atoms with Crippen LogP contribution in [-0.4, -0.2) is 48.7 Å². The number of aliphatic hydroxyl groups excluding tert-OH is 1. The van der Waals surface area contributed by atoms with Gasteiger partial charge in [-0.15, -0.1) is 0 Å². The Labute approximate surface area is 137 Å². The van der Waals surface area contributed by atoms with Crippen LogP contribution in [0.5, 0.6) is 0 Å². The lowest BCUT2D eigenvalue weighted by atomic mass is 10.0. The van der Waals surface area contributed by atoms with Gasteiger partial charge in [0.25, 0.3) is 0 Å². The van der Waals surface area contributed by atoms with E-state index in [4.69, 9.17) is 5.11 Å². The van der Waals surface area contributed by atoms with Crippen LogP contribution in [0.1, 0.15) is 25.8 Å². The smallest absolute Gasteiger partial charge is 0.319 e. The van der Waals surface area contributed by atoms with Gasteiger partial charge in [0.05, 0.1) is 6.42 Å². The van der Waals surface area contributed by atoms with Crippen molar-refractivity contribution in [2.24, 2.45) is 5.92 Å². The molecule has 0 aliphatic heterocycles. The molecule has 0 aliphatic carbocycles. The number of carbonyl (C=O) groups excluding carboxylic acids is 2. The molecule has 23 heavy (non-hydrogen) atoms. The molecule has 1 aromatic rings. The summed E-state index contributed by atoms with van der Waals surface area (Å²) in [5.41, 5.74) is 1.39. The van der Waals surface area contributed by atoms with E-state index >= 15 is 0 Å². The average Bonchev–Trinajstić information content (AvgIpc) is 2.48. The van der Waals surface area contributed by atoms with Gasteiger partial charge in [0.2, 0.25) is 5.91 Å². The summed E-state index contributed by atoms with van der Waals surface area (Å²) in [4.78, 5) is 25.6. The van der Waals surface area contributed by atoms with E-state index in [-0.39, 0.29) is 36.9 Å². The second-order valence-corrected chi connectivity index (χ2v) is 6.08. The van der Waals surface area contributed by atoms with E-state index < -0.39 is 0 Å². The van der Waals surface area contributed by atoms with Gasteiger partial charge in [0.15, 0.2) is 0 Å². The van der Waals surface area contributed by atoms with E-state index in [1.54, 1.807) is 20.2 Å². The highest BCUT2D eigenvalue weighted by Crippen LogP contribution is 2.16. The van der Waals surface area contributed by atoms with E-state index in [0.717, 1.165) is 5.56 Å². The van der Waals surface area contributed by atoms with Crippen molar-refractivity contribution in [2.45, 2.75) is 32.7 Å². The van der Waals surface area contributed by atoms with E-state index in [0.29, 0.717) is 12.1 Å². The molecule has 0 saturated carbocycles. The van der Waals surface area contributed by atoms with Crippen LogP contribution in [-0.2, 0) is 11.2 Å². The van der Waals surface area contributed by atoms with Crippen LogP contribution < -0.4 is 10.6 Å². The normalized spacial score (nSPS) is 11.9. The number of nitrogens with one attached hydrogen (secondary N) is 2. The summed E-state index contributed by atoms with van der Waals surface area (Å²) in [6.07, 6.45) is 0.736. The predicted molar refractivity (Wildman–Crippen MR) is 91.3 cm³/mol. The first kappa shape index (κ1) is 19.0. The van der Waals surface area contributed by atoms with Gasteiger partial charge in [-0.2, -0.15) is 0 Å². The maximum Gasteiger partial charge on any atom is 0.319 e. The molecule has 3 N–H and O–H groups in total. The van der Waals surface area contributed by atoms with Crippen molar-refractivity contribution in [1.29, 1.82) is 0 Å². The zero-order chi connectivity index (χ0) is 17.4. The molecular formula is C17H27N3O3. The van der Waals surface area contributed by atoms with Crippen LogP contribution >= 0.6 is 0 Å². The maximum atomic E-state index is 12.2. The predicted octanol–water partition coefficient (Wildman–Crippen LogP) is 1.85. The number of amides is 3. The summed E-state index contributed by atoms with van der Waals surface area (Å²) in [6.45, 7) is 4.01. The topological polar surface area (TPSA) is 81.7 Å². The minimum Gasteiger partial charge on any atom is -0.396 e. The zero-order valence-electron chi connectivity index (χ0n) is 14.3. The van der Waals surface area contributed by atoms with Crippen LogP contribution in [0.2, 0.25) is 0 Å². The highest BCUT2D eigenvalue weighted by molar-refractivity contribution is 5.91. The summed E-state index contributed by atoms with van der Waals surface area (Å²) in [6, 6.07) is 6.81. The molecule has 0 unspecified atom stereocenters. The summed E-state index contributed by atoms with van der Waals surface area (Å²) < 4.78 is 0. The van der Waals surface area contributed by atoms with E-state index in [1.165, 1.54) is 4.90 Å². The number of benzene rings is 1. The van der Waals surface area contributed by atoms with Crippen molar-refractivity contribution < 1.29 is 14.7 Å². The first-order valence-corrected chi connectivity index (χ1v) is 7.81. The van der Waals surface area contributed by atoms with Crippen LogP contribution in [0.25, 0.3) is 0 Å². The van der Waals surface area contributed by atoms with Gasteiger partial charge in [0, 0.05) is 32.4 Å². The number of aliphatic hydroxyl groups is 1. The van der Waals surface area contributed by atoms with Crippen molar-refractivity contribution >= 4 is 17.6 Å². The standard InChI is InChI=1S/C17H27N3O3/c1-12(2)14(9-10-21)18-17(23)19-15-8-6-5-7-13(15)11-16(22)20(3)4/h5-8,12,14,21H,9-11H2,1-4H3,(H2,18,19,23)/t14-/m1/s1. The van der Waals surface area contributed by atoms with Gasteiger partial charge < -0.3 is 20.6 Å². The number of likely N-dealkylation sites (N-methyl/N-ethyl adjacent to an activating group) is 1. The zero-order valence-corrected chi connectivity index (χ0v) is 14.3. The lowest BCUT2D eigenvalue weighted by Gasteiger charge is -2.22. The fourth-order valence-corrected chi connectivity index (χ4v) is 2.16. The molecule has 0 bridgehead atoms. The van der Waals surface area contributed by atoms with Gasteiger partial charge in [-0.25, -0.2) is 4.79 Å². The van der Waals surface area contributed by atoms with E-state index in [1.807, 2.05) is 32.0 Å². The average molecular weight is 321 g/mol. The fraction of sp³-hybridized carbons (Fsp3) is 0.529. The fourth-order valence-electron chi connectivity index (χ4n) is 2.16. The molecule has 0 saturated heterocycles. The third-order valence-corrected chi connectivity index (χ3v) is 3.67. The highest BCUT2D eigenvalue weighted by Gasteiger charge is 2.17. The van der Waals surface area contributed by atoms with Crippen molar-refractivity contribution in [3.8, 4) is 0 Å². The molecule has 1 rings (SSSR count). The number of carbonyl (C=O) groups is 2. The number of anilines is 1. The number of rotatable bonds is 7. The largest absolute Gasteiger partial charge is 0.396 e. The van der Waals surface area contributed by atoms with Crippen LogP contribution in [0, 0.1) is 5.92 Å². The Balaban J connectivity index is 2.76. The van der Waals surface area contributed by atoms with Crippen LogP contribution in [0.15, 0.2) is 24.3 Å². The summed E-state index contributed by atoms with van der Waals surface area (Å²) in [5, 5.41) is 14.7. The van der Waals surface area contributed by atoms with Gasteiger partial charge in [-0.3, -0.25) is 4.79 Å². The molecule has 0 aromatic heterocycles. The van der Waals surface area contributed by atoms with Crippen LogP contribution in [0.3, 0.4) is 0 Å². The molecule has 1 atom stereocenters. The van der Waals surface area contributed by atoms with Crippen molar-refractivity contribution in [3.63, 3.8) is 0 Å². The molecule has 6 heteroatoms. The van der Waals surface area contributed by atoms with Gasteiger partial charge >= 0.3 is 6.03 Å². The third kappa shape index (κ3) is 6.28. The molecule has 0 radical (unpaired) electrons. The van der Waals surface area contributed by atoms with Gasteiger partial charge in [-0.1, -0.05) is 32.0 Å². The quantitative estimate of drug-likeness (QED) is 0.717. The number of hydrogen-bond donors (Lipinski definition) is 3. The van der Waals surface area contributed by atoms with Crippen molar-refractivity contribution in [2.75, 3.05) is 26.0 Å². The maximum absolute atomic E-state index is 12.2. The second kappa shape index (κ2) is 9.15. The van der Waals surface area contributed by atoms with Gasteiger partial charge in [0.1, 0.15) is 0 Å². The first-order valence-electron chi connectivity index (χ1n) is 7.81. The molecule has 0 aliphatic rings.